The highest BCUT2D eigenvalue weighted by Gasteiger charge is 2.24. The molecule has 1 aromatic rings. The van der Waals surface area contributed by atoms with Crippen molar-refractivity contribution in [2.24, 2.45) is 0 Å². The molecule has 10 nitrogen and oxygen atoms in total. The van der Waals surface area contributed by atoms with Crippen molar-refractivity contribution in [3.05, 3.63) is 35.9 Å². The van der Waals surface area contributed by atoms with Crippen molar-refractivity contribution < 1.29 is 39.2 Å². The van der Waals surface area contributed by atoms with Gasteiger partial charge in [-0.05, 0) is 5.56 Å². The smallest absolute Gasteiger partial charge is 0.407 e. The molecule has 5 N–H and O–H groups in total. The Morgan fingerprint density at radius 2 is 1.69 bits per heavy atom. The van der Waals surface area contributed by atoms with Crippen LogP contribution in [0, 0.1) is 0 Å². The SMILES string of the molecule is O=C(O)C[C@H](NC(=O)C[C@@H](O)CNC(=O)OCc1ccccc1)C(=O)O. The Morgan fingerprint density at radius 3 is 2.27 bits per heavy atom. The average molecular weight is 368 g/mol. The zero-order valence-corrected chi connectivity index (χ0v) is 13.8. The summed E-state index contributed by atoms with van der Waals surface area (Å²) in [5.74, 6) is -3.75. The van der Waals surface area contributed by atoms with E-state index in [1.807, 2.05) is 11.4 Å². The highest BCUT2D eigenvalue weighted by Crippen LogP contribution is 2.01. The first-order valence-electron chi connectivity index (χ1n) is 7.64. The summed E-state index contributed by atoms with van der Waals surface area (Å²) in [7, 11) is 0. The van der Waals surface area contributed by atoms with Gasteiger partial charge in [0.25, 0.3) is 0 Å². The van der Waals surface area contributed by atoms with Crippen LogP contribution in [-0.4, -0.2) is 57.9 Å². The Morgan fingerprint density at radius 1 is 1.04 bits per heavy atom. The molecule has 2 amide bonds. The molecular formula is C16H20N2O8. The summed E-state index contributed by atoms with van der Waals surface area (Å²) < 4.78 is 4.92. The fraction of sp³-hybridized carbons (Fsp3) is 0.375. The van der Waals surface area contributed by atoms with Crippen LogP contribution < -0.4 is 10.6 Å². The molecule has 0 heterocycles. The van der Waals surface area contributed by atoms with Crippen LogP contribution in [-0.2, 0) is 25.7 Å². The topological polar surface area (TPSA) is 162 Å². The van der Waals surface area contributed by atoms with E-state index in [9.17, 15) is 24.3 Å². The van der Waals surface area contributed by atoms with Gasteiger partial charge in [0, 0.05) is 6.54 Å². The molecule has 0 aliphatic rings. The molecule has 2 atom stereocenters. The van der Waals surface area contributed by atoms with E-state index in [4.69, 9.17) is 14.9 Å². The summed E-state index contributed by atoms with van der Waals surface area (Å²) >= 11 is 0. The number of aliphatic hydroxyl groups is 1. The van der Waals surface area contributed by atoms with E-state index in [1.165, 1.54) is 0 Å². The van der Waals surface area contributed by atoms with Gasteiger partial charge >= 0.3 is 18.0 Å². The summed E-state index contributed by atoms with van der Waals surface area (Å²) in [6.07, 6.45) is -3.38. The van der Waals surface area contributed by atoms with Gasteiger partial charge in [-0.15, -0.1) is 0 Å². The highest BCUT2D eigenvalue weighted by atomic mass is 16.5. The van der Waals surface area contributed by atoms with E-state index in [-0.39, 0.29) is 13.2 Å². The molecule has 1 aromatic carbocycles. The van der Waals surface area contributed by atoms with Gasteiger partial charge in [0.2, 0.25) is 5.91 Å². The van der Waals surface area contributed by atoms with Gasteiger partial charge in [-0.3, -0.25) is 9.59 Å². The zero-order chi connectivity index (χ0) is 19.5. The number of benzene rings is 1. The lowest BCUT2D eigenvalue weighted by Gasteiger charge is -2.15. The Balaban J connectivity index is 2.30. The molecule has 0 aliphatic heterocycles. The number of hydrogen-bond donors (Lipinski definition) is 5. The van der Waals surface area contributed by atoms with E-state index in [1.54, 1.807) is 24.3 Å². The zero-order valence-electron chi connectivity index (χ0n) is 13.8. The van der Waals surface area contributed by atoms with Crippen molar-refractivity contribution in [2.45, 2.75) is 31.6 Å². The van der Waals surface area contributed by atoms with Gasteiger partial charge in [-0.1, -0.05) is 30.3 Å². The van der Waals surface area contributed by atoms with Crippen molar-refractivity contribution in [1.82, 2.24) is 10.6 Å². The Labute approximate surface area is 148 Å². The largest absolute Gasteiger partial charge is 0.481 e. The predicted octanol–water partition coefficient (Wildman–Crippen LogP) is -0.292. The molecule has 0 unspecified atom stereocenters. The van der Waals surface area contributed by atoms with Crippen molar-refractivity contribution in [3.63, 3.8) is 0 Å². The molecule has 0 aromatic heterocycles. The number of carboxylic acid groups (broad SMARTS) is 2. The third kappa shape index (κ3) is 8.64. The minimum Gasteiger partial charge on any atom is -0.481 e. The first-order valence-corrected chi connectivity index (χ1v) is 7.64. The van der Waals surface area contributed by atoms with Crippen LogP contribution in [0.2, 0.25) is 0 Å². The minimum atomic E-state index is -1.60. The van der Waals surface area contributed by atoms with E-state index in [0.717, 1.165) is 5.56 Å². The van der Waals surface area contributed by atoms with Gasteiger partial charge in [-0.25, -0.2) is 9.59 Å². The van der Waals surface area contributed by atoms with Crippen molar-refractivity contribution in [1.29, 1.82) is 0 Å². The van der Waals surface area contributed by atoms with Gasteiger partial charge in [0.05, 0.1) is 18.9 Å². The van der Waals surface area contributed by atoms with E-state index in [0.29, 0.717) is 0 Å². The van der Waals surface area contributed by atoms with Gasteiger partial charge < -0.3 is 30.7 Å². The van der Waals surface area contributed by atoms with Crippen LogP contribution in [0.3, 0.4) is 0 Å². The average Bonchev–Trinajstić information content (AvgIpc) is 2.58. The summed E-state index contributed by atoms with van der Waals surface area (Å²) in [6.45, 7) is -0.254. The molecule has 0 aliphatic carbocycles. The van der Waals surface area contributed by atoms with Crippen molar-refractivity contribution in [3.8, 4) is 0 Å². The standard InChI is InChI=1S/C16H20N2O8/c19-11(6-13(20)18-12(15(23)24)7-14(21)22)8-17-16(25)26-9-10-4-2-1-3-5-10/h1-5,11-12,19H,6-9H2,(H,17,25)(H,18,20)(H,21,22)(H,23,24)/t11-,12+/m1/s1. The van der Waals surface area contributed by atoms with Gasteiger partial charge in [-0.2, -0.15) is 0 Å². The maximum atomic E-state index is 11.6. The summed E-state index contributed by atoms with van der Waals surface area (Å²) in [6, 6.07) is 7.32. The van der Waals surface area contributed by atoms with Crippen LogP contribution in [0.4, 0.5) is 4.79 Å². The van der Waals surface area contributed by atoms with Crippen LogP contribution in [0.15, 0.2) is 30.3 Å². The van der Waals surface area contributed by atoms with Crippen LogP contribution >= 0.6 is 0 Å². The summed E-state index contributed by atoms with van der Waals surface area (Å²) in [5.41, 5.74) is 0.778. The molecule has 1 rings (SSSR count). The molecule has 142 valence electrons. The molecule has 0 saturated carbocycles. The third-order valence-electron chi connectivity index (χ3n) is 3.13. The lowest BCUT2D eigenvalue weighted by molar-refractivity contribution is -0.147. The monoisotopic (exact) mass is 368 g/mol. The van der Waals surface area contributed by atoms with Crippen LogP contribution in [0.1, 0.15) is 18.4 Å². The number of carboxylic acids is 2. The fourth-order valence-electron chi connectivity index (χ4n) is 1.89. The van der Waals surface area contributed by atoms with E-state index >= 15 is 0 Å². The number of nitrogens with one attached hydrogen (secondary N) is 2. The van der Waals surface area contributed by atoms with Crippen molar-refractivity contribution >= 4 is 23.9 Å². The maximum absolute atomic E-state index is 11.6. The van der Waals surface area contributed by atoms with Gasteiger partial charge in [0.1, 0.15) is 12.6 Å². The quantitative estimate of drug-likeness (QED) is 0.376. The fourth-order valence-corrected chi connectivity index (χ4v) is 1.89. The lowest BCUT2D eigenvalue weighted by Crippen LogP contribution is -2.44. The molecule has 0 bridgehead atoms. The number of carbonyl (C=O) groups is 4. The number of alkyl carbamates (subject to hydrolysis) is 1. The minimum absolute atomic E-state index is 0.0404. The molecule has 26 heavy (non-hydrogen) atoms. The van der Waals surface area contributed by atoms with Crippen molar-refractivity contribution in [2.75, 3.05) is 6.54 Å². The second-order valence-corrected chi connectivity index (χ2v) is 5.36. The molecule has 10 heteroatoms. The third-order valence-corrected chi connectivity index (χ3v) is 3.13. The second kappa shape index (κ2) is 10.7. The van der Waals surface area contributed by atoms with E-state index in [2.05, 4.69) is 5.32 Å². The second-order valence-electron chi connectivity index (χ2n) is 5.36. The number of hydrogen-bond acceptors (Lipinski definition) is 6. The van der Waals surface area contributed by atoms with Crippen LogP contribution in [0.5, 0.6) is 0 Å². The van der Waals surface area contributed by atoms with E-state index < -0.39 is 48.9 Å². The number of rotatable bonds is 10. The molecule has 0 spiro atoms. The highest BCUT2D eigenvalue weighted by molar-refractivity contribution is 5.86. The summed E-state index contributed by atoms with van der Waals surface area (Å²) in [4.78, 5) is 44.5. The maximum Gasteiger partial charge on any atom is 0.407 e. The van der Waals surface area contributed by atoms with Crippen LogP contribution in [0.25, 0.3) is 0 Å². The number of aliphatic carboxylic acids is 2. The number of amides is 2. The molecule has 0 saturated heterocycles. The first-order chi connectivity index (χ1) is 12.3. The molecular weight excluding hydrogens is 348 g/mol. The molecule has 0 radical (unpaired) electrons. The Kier molecular flexibility index (Phi) is 8.58. The Hall–Kier alpha value is -3.14. The molecule has 0 fully saturated rings. The Bertz CT molecular complexity index is 634. The lowest BCUT2D eigenvalue weighted by atomic mass is 10.2. The number of ether oxygens (including phenoxy) is 1. The predicted molar refractivity (Wildman–Crippen MR) is 87.1 cm³/mol. The normalized spacial score (nSPS) is 12.5. The first kappa shape index (κ1) is 20.9. The number of carbonyl (C=O) groups excluding carboxylic acids is 2. The summed E-state index contributed by atoms with van der Waals surface area (Å²) in [5, 5.41) is 31.3. The van der Waals surface area contributed by atoms with Gasteiger partial charge in [0.15, 0.2) is 0 Å². The number of aliphatic hydroxyl groups excluding tert-OH is 1.